The molecular formula is C14H17ClN2O4. The maximum absolute atomic E-state index is 12.3. The first kappa shape index (κ1) is 17.1. The highest BCUT2D eigenvalue weighted by Gasteiger charge is 2.42. The van der Waals surface area contributed by atoms with Gasteiger partial charge in [0.15, 0.2) is 0 Å². The Morgan fingerprint density at radius 1 is 1.24 bits per heavy atom. The van der Waals surface area contributed by atoms with Crippen molar-refractivity contribution in [2.45, 2.75) is 18.9 Å². The third-order valence-corrected chi connectivity index (χ3v) is 3.29. The summed E-state index contributed by atoms with van der Waals surface area (Å²) in [6.07, 6.45) is 0.821. The van der Waals surface area contributed by atoms with Crippen LogP contribution in [0.5, 0.6) is 0 Å². The number of carbonyl (C=O) groups excluding carboxylic acids is 3. The van der Waals surface area contributed by atoms with Crippen molar-refractivity contribution in [2.75, 3.05) is 13.7 Å². The number of methoxy groups -OCH3 is 1. The summed E-state index contributed by atoms with van der Waals surface area (Å²) in [5.74, 6) is -1.52. The molecule has 0 aliphatic carbocycles. The topological polar surface area (TPSA) is 89.7 Å². The Hall–Kier alpha value is -1.92. The normalized spacial score (nSPS) is 14.5. The maximum atomic E-state index is 12.3. The molecule has 7 heteroatoms. The first-order valence-electron chi connectivity index (χ1n) is 6.36. The fraction of sp³-hybridized carbons (Fsp3) is 0.357. The summed E-state index contributed by atoms with van der Waals surface area (Å²) in [4.78, 5) is 37.4. The van der Waals surface area contributed by atoms with Gasteiger partial charge in [-0.05, 0) is 31.5 Å². The molecule has 2 N–H and O–H groups in total. The number of nitrogens with zero attached hydrogens (tertiary/aromatic N) is 1. The smallest absolute Gasteiger partial charge is 0.329 e. The van der Waals surface area contributed by atoms with Crippen molar-refractivity contribution >= 4 is 30.2 Å². The molecule has 114 valence electrons. The second kappa shape index (κ2) is 7.19. The van der Waals surface area contributed by atoms with Crippen molar-refractivity contribution in [1.29, 1.82) is 0 Å². The molecule has 21 heavy (non-hydrogen) atoms. The Kier molecular flexibility index (Phi) is 5.87. The predicted molar refractivity (Wildman–Crippen MR) is 78.3 cm³/mol. The highest BCUT2D eigenvalue weighted by atomic mass is 35.5. The number of benzene rings is 1. The number of rotatable bonds is 5. The SMILES string of the molecule is COC(=O)[C@H](CCCN)N1C(=O)c2ccccc2C1=O.Cl. The summed E-state index contributed by atoms with van der Waals surface area (Å²) in [5, 5.41) is 0. The number of carbonyl (C=O) groups is 3. The number of nitrogens with two attached hydrogens (primary N) is 1. The van der Waals surface area contributed by atoms with Crippen LogP contribution in [-0.2, 0) is 9.53 Å². The predicted octanol–water partition coefficient (Wildman–Crippen LogP) is 0.985. The van der Waals surface area contributed by atoms with Crippen molar-refractivity contribution in [3.63, 3.8) is 0 Å². The highest BCUT2D eigenvalue weighted by molar-refractivity contribution is 6.22. The molecule has 0 saturated heterocycles. The monoisotopic (exact) mass is 312 g/mol. The van der Waals surface area contributed by atoms with E-state index in [1.807, 2.05) is 0 Å². The second-order valence-electron chi connectivity index (χ2n) is 4.50. The van der Waals surface area contributed by atoms with E-state index in [9.17, 15) is 14.4 Å². The summed E-state index contributed by atoms with van der Waals surface area (Å²) >= 11 is 0. The van der Waals surface area contributed by atoms with Crippen LogP contribution in [0.3, 0.4) is 0 Å². The molecule has 6 nitrogen and oxygen atoms in total. The van der Waals surface area contributed by atoms with Gasteiger partial charge in [-0.2, -0.15) is 0 Å². The lowest BCUT2D eigenvalue weighted by Crippen LogP contribution is -2.45. The third kappa shape index (κ3) is 3.06. The number of ether oxygens (including phenoxy) is 1. The van der Waals surface area contributed by atoms with E-state index in [4.69, 9.17) is 10.5 Å². The summed E-state index contributed by atoms with van der Waals surface area (Å²) in [5.41, 5.74) is 6.07. The Bertz CT molecular complexity index is 527. The molecule has 2 rings (SSSR count). The molecule has 1 aliphatic rings. The molecule has 1 heterocycles. The molecular weight excluding hydrogens is 296 g/mol. The van der Waals surface area contributed by atoms with Gasteiger partial charge in [0.2, 0.25) is 0 Å². The third-order valence-electron chi connectivity index (χ3n) is 3.29. The van der Waals surface area contributed by atoms with Gasteiger partial charge in [-0.15, -0.1) is 12.4 Å². The standard InChI is InChI=1S/C14H16N2O4.ClH/c1-20-14(19)11(7-4-8-15)16-12(17)9-5-2-3-6-10(9)13(16)18;/h2-3,5-6,11H,4,7-8,15H2,1H3;1H/t11-;/m0./s1. The van der Waals surface area contributed by atoms with Crippen molar-refractivity contribution < 1.29 is 19.1 Å². The molecule has 0 unspecified atom stereocenters. The molecule has 0 radical (unpaired) electrons. The minimum atomic E-state index is -0.920. The Balaban J connectivity index is 0.00000220. The zero-order valence-corrected chi connectivity index (χ0v) is 12.4. The number of hydrogen-bond donors (Lipinski definition) is 1. The lowest BCUT2D eigenvalue weighted by molar-refractivity contribution is -0.145. The minimum Gasteiger partial charge on any atom is -0.467 e. The van der Waals surface area contributed by atoms with E-state index in [1.54, 1.807) is 24.3 Å². The Labute approximate surface area is 128 Å². The van der Waals surface area contributed by atoms with Crippen LogP contribution < -0.4 is 5.73 Å². The second-order valence-corrected chi connectivity index (χ2v) is 4.50. The van der Waals surface area contributed by atoms with Crippen LogP contribution in [-0.4, -0.2) is 42.4 Å². The molecule has 0 fully saturated rings. The van der Waals surface area contributed by atoms with E-state index < -0.39 is 23.8 Å². The number of hydrogen-bond acceptors (Lipinski definition) is 5. The van der Waals surface area contributed by atoms with Gasteiger partial charge in [0, 0.05) is 0 Å². The van der Waals surface area contributed by atoms with Gasteiger partial charge in [0.25, 0.3) is 11.8 Å². The molecule has 0 bridgehead atoms. The zero-order valence-electron chi connectivity index (χ0n) is 11.6. The van der Waals surface area contributed by atoms with Crippen molar-refractivity contribution in [1.82, 2.24) is 4.90 Å². The molecule has 2 amide bonds. The Morgan fingerprint density at radius 2 is 1.76 bits per heavy atom. The van der Waals surface area contributed by atoms with Crippen LogP contribution in [0, 0.1) is 0 Å². The van der Waals surface area contributed by atoms with Crippen molar-refractivity contribution in [3.05, 3.63) is 35.4 Å². The van der Waals surface area contributed by atoms with E-state index in [0.717, 1.165) is 4.90 Å². The molecule has 0 saturated carbocycles. The molecule has 1 aromatic rings. The van der Waals surface area contributed by atoms with Gasteiger partial charge in [0.05, 0.1) is 18.2 Å². The van der Waals surface area contributed by atoms with Crippen molar-refractivity contribution in [2.24, 2.45) is 5.73 Å². The number of imide groups is 1. The van der Waals surface area contributed by atoms with E-state index >= 15 is 0 Å². The van der Waals surface area contributed by atoms with Gasteiger partial charge < -0.3 is 10.5 Å². The maximum Gasteiger partial charge on any atom is 0.329 e. The van der Waals surface area contributed by atoms with Crippen LogP contribution >= 0.6 is 12.4 Å². The largest absolute Gasteiger partial charge is 0.467 e. The molecule has 0 spiro atoms. The van der Waals surface area contributed by atoms with Crippen LogP contribution in [0.25, 0.3) is 0 Å². The summed E-state index contributed by atoms with van der Waals surface area (Å²) < 4.78 is 4.69. The van der Waals surface area contributed by atoms with Gasteiger partial charge in [-0.3, -0.25) is 14.5 Å². The fourth-order valence-electron chi connectivity index (χ4n) is 2.29. The molecule has 0 aromatic heterocycles. The van der Waals surface area contributed by atoms with Crippen molar-refractivity contribution in [3.8, 4) is 0 Å². The molecule has 1 aliphatic heterocycles. The molecule has 1 aromatic carbocycles. The fourth-order valence-corrected chi connectivity index (χ4v) is 2.29. The lowest BCUT2D eigenvalue weighted by atomic mass is 10.1. The number of fused-ring (bicyclic) bond motifs is 1. The lowest BCUT2D eigenvalue weighted by Gasteiger charge is -2.23. The number of halogens is 1. The van der Waals surface area contributed by atoms with E-state index in [2.05, 4.69) is 0 Å². The van der Waals surface area contributed by atoms with Crippen LogP contribution in [0.4, 0.5) is 0 Å². The average Bonchev–Trinajstić information content (AvgIpc) is 2.73. The number of amides is 2. The number of esters is 1. The van der Waals surface area contributed by atoms with Crippen LogP contribution in [0.1, 0.15) is 33.6 Å². The van der Waals surface area contributed by atoms with E-state index in [1.165, 1.54) is 7.11 Å². The minimum absolute atomic E-state index is 0. The highest BCUT2D eigenvalue weighted by Crippen LogP contribution is 2.26. The van der Waals surface area contributed by atoms with Gasteiger partial charge in [-0.25, -0.2) is 4.79 Å². The van der Waals surface area contributed by atoms with Gasteiger partial charge in [0.1, 0.15) is 6.04 Å². The Morgan fingerprint density at radius 3 is 2.19 bits per heavy atom. The summed E-state index contributed by atoms with van der Waals surface area (Å²) in [6.45, 7) is 0.372. The first-order valence-corrected chi connectivity index (χ1v) is 6.36. The van der Waals surface area contributed by atoms with Crippen LogP contribution in [0.15, 0.2) is 24.3 Å². The molecule has 1 atom stereocenters. The summed E-state index contributed by atoms with van der Waals surface area (Å²) in [7, 11) is 1.23. The van der Waals surface area contributed by atoms with Crippen LogP contribution in [0.2, 0.25) is 0 Å². The summed E-state index contributed by atoms with van der Waals surface area (Å²) in [6, 6.07) is 5.59. The average molecular weight is 313 g/mol. The zero-order chi connectivity index (χ0) is 14.7. The van der Waals surface area contributed by atoms with E-state index in [-0.39, 0.29) is 12.4 Å². The first-order chi connectivity index (χ1) is 9.61. The van der Waals surface area contributed by atoms with E-state index in [0.29, 0.717) is 30.5 Å². The van der Waals surface area contributed by atoms with Gasteiger partial charge in [-0.1, -0.05) is 12.1 Å². The quantitative estimate of drug-likeness (QED) is 0.646. The van der Waals surface area contributed by atoms with Gasteiger partial charge >= 0.3 is 5.97 Å².